The maximum atomic E-state index is 10.3. The summed E-state index contributed by atoms with van der Waals surface area (Å²) in [5, 5.41) is 59.5. The Balaban J connectivity index is 0.00000312. The Bertz CT molecular complexity index is 710. The second-order valence-electron chi connectivity index (χ2n) is 5.12. The SMILES string of the molecule is COCc1cc(O)c(O)c(O)c1-c1c(COC)cc(O)c(O)c1O.Cl. The predicted octanol–water partition coefficient (Wildman–Crippen LogP) is 2.30. The second kappa shape index (κ2) is 8.02. The molecule has 6 N–H and O–H groups in total. The van der Waals surface area contributed by atoms with Gasteiger partial charge in [0.25, 0.3) is 0 Å². The number of hydrogen-bond donors (Lipinski definition) is 6. The summed E-state index contributed by atoms with van der Waals surface area (Å²) in [5.41, 5.74) is 0.352. The first-order valence-electron chi connectivity index (χ1n) is 6.85. The molecule has 0 amide bonds. The van der Waals surface area contributed by atoms with E-state index >= 15 is 0 Å². The molecular weight excluding hydrogens is 356 g/mol. The normalized spacial score (nSPS) is 10.5. The average Bonchev–Trinajstić information content (AvgIpc) is 2.53. The molecule has 0 bridgehead atoms. The van der Waals surface area contributed by atoms with Crippen molar-refractivity contribution in [2.45, 2.75) is 13.2 Å². The van der Waals surface area contributed by atoms with Crippen molar-refractivity contribution >= 4 is 12.4 Å². The molecule has 2 aromatic carbocycles. The molecule has 25 heavy (non-hydrogen) atoms. The zero-order valence-corrected chi connectivity index (χ0v) is 14.3. The van der Waals surface area contributed by atoms with Crippen LogP contribution in [0.25, 0.3) is 11.1 Å². The zero-order valence-electron chi connectivity index (χ0n) is 13.5. The number of ether oxygens (including phenoxy) is 2. The van der Waals surface area contributed by atoms with E-state index in [0.717, 1.165) is 12.1 Å². The highest BCUT2D eigenvalue weighted by Gasteiger charge is 2.26. The third-order valence-corrected chi connectivity index (χ3v) is 3.52. The Labute approximate surface area is 149 Å². The number of hydrogen-bond acceptors (Lipinski definition) is 8. The average molecular weight is 375 g/mol. The van der Waals surface area contributed by atoms with Crippen LogP contribution in [0.1, 0.15) is 11.1 Å². The quantitative estimate of drug-likeness (QED) is 0.438. The summed E-state index contributed by atoms with van der Waals surface area (Å²) in [4.78, 5) is 0. The highest BCUT2D eigenvalue weighted by Crippen LogP contribution is 2.52. The van der Waals surface area contributed by atoms with E-state index in [1.54, 1.807) is 0 Å². The summed E-state index contributed by atoms with van der Waals surface area (Å²) in [6.45, 7) is -0.130. The van der Waals surface area contributed by atoms with E-state index < -0.39 is 34.5 Å². The van der Waals surface area contributed by atoms with Crippen LogP contribution < -0.4 is 0 Å². The Kier molecular flexibility index (Phi) is 6.57. The lowest BCUT2D eigenvalue weighted by Crippen LogP contribution is -1.99. The molecule has 0 radical (unpaired) electrons. The molecule has 0 unspecified atom stereocenters. The summed E-state index contributed by atoms with van der Waals surface area (Å²) >= 11 is 0. The maximum Gasteiger partial charge on any atom is 0.200 e. The summed E-state index contributed by atoms with van der Waals surface area (Å²) in [7, 11) is 2.77. The van der Waals surface area contributed by atoms with Gasteiger partial charge in [-0.2, -0.15) is 0 Å². The molecule has 0 aliphatic carbocycles. The molecule has 0 aromatic heterocycles. The second-order valence-corrected chi connectivity index (χ2v) is 5.12. The third-order valence-electron chi connectivity index (χ3n) is 3.52. The first-order chi connectivity index (χ1) is 11.3. The van der Waals surface area contributed by atoms with E-state index in [1.807, 2.05) is 0 Å². The van der Waals surface area contributed by atoms with Gasteiger partial charge in [0.2, 0.25) is 11.5 Å². The number of benzene rings is 2. The summed E-state index contributed by atoms with van der Waals surface area (Å²) < 4.78 is 10.0. The molecule has 2 rings (SSSR count). The van der Waals surface area contributed by atoms with Crippen molar-refractivity contribution < 1.29 is 40.1 Å². The molecule has 9 heteroatoms. The van der Waals surface area contributed by atoms with Crippen molar-refractivity contribution in [2.75, 3.05) is 14.2 Å². The molecule has 0 atom stereocenters. The molecule has 0 spiro atoms. The van der Waals surface area contributed by atoms with E-state index in [0.29, 0.717) is 0 Å². The van der Waals surface area contributed by atoms with Crippen LogP contribution in [0.5, 0.6) is 34.5 Å². The van der Waals surface area contributed by atoms with Crippen molar-refractivity contribution in [3.63, 3.8) is 0 Å². The van der Waals surface area contributed by atoms with Crippen LogP contribution in [0, 0.1) is 0 Å². The van der Waals surface area contributed by atoms with E-state index in [1.165, 1.54) is 14.2 Å². The molecule has 2 aromatic rings. The van der Waals surface area contributed by atoms with E-state index in [9.17, 15) is 30.6 Å². The van der Waals surface area contributed by atoms with Crippen molar-refractivity contribution in [3.05, 3.63) is 23.3 Å². The largest absolute Gasteiger partial charge is 0.504 e. The number of phenolic OH excluding ortho intramolecular Hbond substituents is 6. The Hall–Kier alpha value is -2.55. The topological polar surface area (TPSA) is 140 Å². The minimum Gasteiger partial charge on any atom is -0.504 e. The fourth-order valence-corrected chi connectivity index (χ4v) is 2.49. The summed E-state index contributed by atoms with van der Waals surface area (Å²) in [6.07, 6.45) is 0. The smallest absolute Gasteiger partial charge is 0.200 e. The first kappa shape index (κ1) is 20.5. The molecular formula is C16H19ClO8. The Morgan fingerprint density at radius 3 is 1.24 bits per heavy atom. The number of phenols is 6. The Morgan fingerprint density at radius 1 is 0.640 bits per heavy atom. The van der Waals surface area contributed by atoms with Crippen LogP contribution in [-0.2, 0) is 22.7 Å². The van der Waals surface area contributed by atoms with Crippen molar-refractivity contribution in [3.8, 4) is 45.6 Å². The summed E-state index contributed by atoms with van der Waals surface area (Å²) in [6, 6.07) is 2.32. The fraction of sp³-hybridized carbons (Fsp3) is 0.250. The first-order valence-corrected chi connectivity index (χ1v) is 6.85. The number of halogens is 1. The van der Waals surface area contributed by atoms with Crippen molar-refractivity contribution in [1.29, 1.82) is 0 Å². The minimum absolute atomic E-state index is 0. The van der Waals surface area contributed by atoms with Gasteiger partial charge in [-0.3, -0.25) is 0 Å². The molecule has 0 saturated carbocycles. The van der Waals surface area contributed by atoms with E-state index in [4.69, 9.17) is 9.47 Å². The van der Waals surface area contributed by atoms with E-state index in [2.05, 4.69) is 0 Å². The Morgan fingerprint density at radius 2 is 0.960 bits per heavy atom. The summed E-state index contributed by atoms with van der Waals surface area (Å²) in [5.74, 6) is -4.14. The highest BCUT2D eigenvalue weighted by molar-refractivity contribution is 5.87. The molecule has 0 heterocycles. The lowest BCUT2D eigenvalue weighted by atomic mass is 9.92. The lowest BCUT2D eigenvalue weighted by Gasteiger charge is -2.19. The van der Waals surface area contributed by atoms with Crippen LogP contribution in [0.2, 0.25) is 0 Å². The van der Waals surface area contributed by atoms with Gasteiger partial charge in [0, 0.05) is 25.3 Å². The zero-order chi connectivity index (χ0) is 18.0. The standard InChI is InChI=1S/C16H18O8.ClH/c1-23-5-7-3-9(17)13(19)15(21)11(7)12-8(6-24-2)4-10(18)14(20)16(12)22;/h3-4,17-22H,5-6H2,1-2H3;1H. The van der Waals surface area contributed by atoms with Crippen molar-refractivity contribution in [1.82, 2.24) is 0 Å². The number of methoxy groups -OCH3 is 2. The van der Waals surface area contributed by atoms with Gasteiger partial charge in [0.15, 0.2) is 23.0 Å². The van der Waals surface area contributed by atoms with Gasteiger partial charge in [-0.1, -0.05) is 0 Å². The van der Waals surface area contributed by atoms with Gasteiger partial charge >= 0.3 is 0 Å². The van der Waals surface area contributed by atoms with Gasteiger partial charge in [-0.25, -0.2) is 0 Å². The van der Waals surface area contributed by atoms with Crippen molar-refractivity contribution in [2.24, 2.45) is 0 Å². The molecule has 8 nitrogen and oxygen atoms in total. The van der Waals surface area contributed by atoms with Gasteiger partial charge in [-0.15, -0.1) is 12.4 Å². The maximum absolute atomic E-state index is 10.3. The van der Waals surface area contributed by atoms with Gasteiger partial charge in [-0.05, 0) is 23.3 Å². The predicted molar refractivity (Wildman–Crippen MR) is 90.5 cm³/mol. The number of rotatable bonds is 5. The molecule has 0 aliphatic heterocycles. The van der Waals surface area contributed by atoms with Crippen LogP contribution in [0.4, 0.5) is 0 Å². The van der Waals surface area contributed by atoms with Crippen LogP contribution in [0.15, 0.2) is 12.1 Å². The monoisotopic (exact) mass is 374 g/mol. The molecule has 138 valence electrons. The van der Waals surface area contributed by atoms with Crippen LogP contribution >= 0.6 is 12.4 Å². The fourth-order valence-electron chi connectivity index (χ4n) is 2.49. The lowest BCUT2D eigenvalue weighted by molar-refractivity contribution is 0.183. The minimum atomic E-state index is -0.791. The van der Waals surface area contributed by atoms with E-state index in [-0.39, 0.29) is 47.9 Å². The van der Waals surface area contributed by atoms with Gasteiger partial charge < -0.3 is 40.1 Å². The highest BCUT2D eigenvalue weighted by atomic mass is 35.5. The third kappa shape index (κ3) is 3.60. The van der Waals surface area contributed by atoms with Gasteiger partial charge in [0.1, 0.15) is 0 Å². The molecule has 0 fully saturated rings. The molecule has 0 aliphatic rings. The van der Waals surface area contributed by atoms with Crippen LogP contribution in [0.3, 0.4) is 0 Å². The van der Waals surface area contributed by atoms with Gasteiger partial charge in [0.05, 0.1) is 13.2 Å². The van der Waals surface area contributed by atoms with Crippen LogP contribution in [-0.4, -0.2) is 44.9 Å². The molecule has 0 saturated heterocycles. The number of aromatic hydroxyl groups is 6.